The maximum Gasteiger partial charge on any atom is 0.330 e. The zero-order chi connectivity index (χ0) is 11.5. The van der Waals surface area contributed by atoms with Gasteiger partial charge in [0, 0.05) is 19.2 Å². The second kappa shape index (κ2) is 9.43. The van der Waals surface area contributed by atoms with Gasteiger partial charge in [0.25, 0.3) is 0 Å². The number of carbonyl (C=O) groups is 1. The Labute approximate surface area is 91.2 Å². The number of carbonyl (C=O) groups excluding carboxylic acids is 1. The fourth-order valence-electron chi connectivity index (χ4n) is 0.999. The summed E-state index contributed by atoms with van der Waals surface area (Å²) in [6, 6.07) is 0. The lowest BCUT2D eigenvalue weighted by Crippen LogP contribution is -2.24. The van der Waals surface area contributed by atoms with Crippen molar-refractivity contribution in [3.8, 4) is 0 Å². The summed E-state index contributed by atoms with van der Waals surface area (Å²) in [4.78, 5) is 10.8. The van der Waals surface area contributed by atoms with Crippen LogP contribution >= 0.6 is 0 Å². The lowest BCUT2D eigenvalue weighted by molar-refractivity contribution is -0.136. The highest BCUT2D eigenvalue weighted by atomic mass is 16.5. The van der Waals surface area contributed by atoms with Crippen LogP contribution in [0.5, 0.6) is 0 Å². The van der Waals surface area contributed by atoms with Crippen molar-refractivity contribution < 1.29 is 9.53 Å². The summed E-state index contributed by atoms with van der Waals surface area (Å²) in [7, 11) is 0. The van der Waals surface area contributed by atoms with E-state index in [0.717, 1.165) is 25.1 Å². The van der Waals surface area contributed by atoms with Crippen LogP contribution < -0.4 is 11.1 Å². The van der Waals surface area contributed by atoms with Crippen LogP contribution in [-0.2, 0) is 9.53 Å². The summed E-state index contributed by atoms with van der Waals surface area (Å²) in [6.07, 6.45) is 3.99. The lowest BCUT2D eigenvalue weighted by atomic mass is 10.2. The van der Waals surface area contributed by atoms with Gasteiger partial charge < -0.3 is 15.8 Å². The normalized spacial score (nSPS) is 11.2. The van der Waals surface area contributed by atoms with E-state index in [1.54, 1.807) is 0 Å². The fourth-order valence-corrected chi connectivity index (χ4v) is 0.999. The third-order valence-corrected chi connectivity index (χ3v) is 1.92. The van der Waals surface area contributed by atoms with Crippen molar-refractivity contribution in [2.75, 3.05) is 26.2 Å². The summed E-state index contributed by atoms with van der Waals surface area (Å²) in [5.41, 5.74) is 6.43. The molecule has 0 aliphatic heterocycles. The van der Waals surface area contributed by atoms with E-state index in [0.29, 0.717) is 13.2 Å². The lowest BCUT2D eigenvalue weighted by Gasteiger charge is -2.07. The van der Waals surface area contributed by atoms with E-state index in [9.17, 15) is 4.79 Å². The van der Waals surface area contributed by atoms with Gasteiger partial charge in [-0.1, -0.05) is 12.7 Å². The van der Waals surface area contributed by atoms with E-state index >= 15 is 0 Å². The predicted molar refractivity (Wildman–Crippen MR) is 61.5 cm³/mol. The van der Waals surface area contributed by atoms with Gasteiger partial charge in [-0.3, -0.25) is 0 Å². The molecule has 0 saturated carbocycles. The van der Waals surface area contributed by atoms with Gasteiger partial charge in [-0.25, -0.2) is 4.79 Å². The van der Waals surface area contributed by atoms with E-state index < -0.39 is 0 Å². The Bertz CT molecular complexity index is 225. The number of nitrogens with one attached hydrogen (secondary N) is 1. The van der Waals surface area contributed by atoms with Crippen molar-refractivity contribution in [3.63, 3.8) is 0 Å². The third kappa shape index (κ3) is 7.90. The standard InChI is InChI=1S/C11H20N2O2/c1-3-10(5-7-13-8-6-12)9-15-11(14)4-2/h3-4,13H,2,5-9,12H2,1H3/b10-3+. The molecule has 0 rings (SSSR count). The largest absolute Gasteiger partial charge is 0.458 e. The molecule has 0 aromatic heterocycles. The highest BCUT2D eigenvalue weighted by Crippen LogP contribution is 2.01. The SMILES string of the molecule is C=CC(=O)OC/C(=C/C)CCNCCN. The Kier molecular flexibility index (Phi) is 8.72. The van der Waals surface area contributed by atoms with Crippen LogP contribution in [0.4, 0.5) is 0 Å². The highest BCUT2D eigenvalue weighted by Gasteiger charge is 2.00. The fraction of sp³-hybridized carbons (Fsp3) is 0.545. The summed E-state index contributed by atoms with van der Waals surface area (Å²) >= 11 is 0. The van der Waals surface area contributed by atoms with Gasteiger partial charge in [0.05, 0.1) is 0 Å². The first-order valence-corrected chi connectivity index (χ1v) is 5.08. The molecule has 0 atom stereocenters. The van der Waals surface area contributed by atoms with E-state index in [-0.39, 0.29) is 5.97 Å². The minimum Gasteiger partial charge on any atom is -0.458 e. The topological polar surface area (TPSA) is 64.3 Å². The van der Waals surface area contributed by atoms with Gasteiger partial charge in [-0.05, 0) is 25.5 Å². The Morgan fingerprint density at radius 1 is 1.53 bits per heavy atom. The second-order valence-corrected chi connectivity index (χ2v) is 3.05. The summed E-state index contributed by atoms with van der Waals surface area (Å²) in [5, 5.41) is 3.18. The molecular weight excluding hydrogens is 192 g/mol. The summed E-state index contributed by atoms with van der Waals surface area (Å²) in [5.74, 6) is -0.385. The number of nitrogens with two attached hydrogens (primary N) is 1. The molecule has 3 N–H and O–H groups in total. The molecule has 0 saturated heterocycles. The number of hydrogen-bond acceptors (Lipinski definition) is 4. The zero-order valence-corrected chi connectivity index (χ0v) is 9.29. The van der Waals surface area contributed by atoms with Crippen molar-refractivity contribution >= 4 is 5.97 Å². The minimum atomic E-state index is -0.385. The smallest absolute Gasteiger partial charge is 0.330 e. The predicted octanol–water partition coefficient (Wildman–Crippen LogP) is 0.600. The average molecular weight is 212 g/mol. The quantitative estimate of drug-likeness (QED) is 0.268. The molecule has 0 heterocycles. The molecular formula is C11H20N2O2. The number of allylic oxidation sites excluding steroid dienone is 1. The number of hydrogen-bond donors (Lipinski definition) is 2. The molecule has 0 spiro atoms. The Balaban J connectivity index is 3.65. The molecule has 4 heteroatoms. The zero-order valence-electron chi connectivity index (χ0n) is 9.29. The monoisotopic (exact) mass is 212 g/mol. The van der Waals surface area contributed by atoms with Crippen LogP contribution in [0.25, 0.3) is 0 Å². The van der Waals surface area contributed by atoms with Crippen molar-refractivity contribution in [1.29, 1.82) is 0 Å². The molecule has 4 nitrogen and oxygen atoms in total. The number of rotatable bonds is 8. The van der Waals surface area contributed by atoms with E-state index in [2.05, 4.69) is 11.9 Å². The molecule has 0 aliphatic rings. The molecule has 0 fully saturated rings. The highest BCUT2D eigenvalue weighted by molar-refractivity contribution is 5.81. The third-order valence-electron chi connectivity index (χ3n) is 1.92. The van der Waals surface area contributed by atoms with Gasteiger partial charge in [0.1, 0.15) is 6.61 Å². The average Bonchev–Trinajstić information content (AvgIpc) is 2.27. The summed E-state index contributed by atoms with van der Waals surface area (Å²) in [6.45, 7) is 7.89. The Morgan fingerprint density at radius 3 is 2.80 bits per heavy atom. The Hall–Kier alpha value is -1.13. The second-order valence-electron chi connectivity index (χ2n) is 3.05. The Morgan fingerprint density at radius 2 is 2.27 bits per heavy atom. The minimum absolute atomic E-state index is 0.339. The van der Waals surface area contributed by atoms with Crippen LogP contribution in [0, 0.1) is 0 Å². The van der Waals surface area contributed by atoms with Crippen LogP contribution in [0.3, 0.4) is 0 Å². The molecule has 0 aliphatic carbocycles. The maximum absolute atomic E-state index is 10.8. The van der Waals surface area contributed by atoms with Crippen LogP contribution in [0.15, 0.2) is 24.3 Å². The number of ether oxygens (including phenoxy) is 1. The van der Waals surface area contributed by atoms with Gasteiger partial charge >= 0.3 is 5.97 Å². The van der Waals surface area contributed by atoms with E-state index in [1.165, 1.54) is 6.08 Å². The molecule has 0 bridgehead atoms. The first-order valence-electron chi connectivity index (χ1n) is 5.08. The van der Waals surface area contributed by atoms with Crippen LogP contribution in [0.1, 0.15) is 13.3 Å². The molecule has 0 aromatic carbocycles. The van der Waals surface area contributed by atoms with Crippen molar-refractivity contribution in [3.05, 3.63) is 24.3 Å². The summed E-state index contributed by atoms with van der Waals surface area (Å²) < 4.78 is 4.92. The van der Waals surface area contributed by atoms with E-state index in [4.69, 9.17) is 10.5 Å². The van der Waals surface area contributed by atoms with Crippen molar-refractivity contribution in [1.82, 2.24) is 5.32 Å². The molecule has 0 aromatic rings. The van der Waals surface area contributed by atoms with Crippen LogP contribution in [-0.4, -0.2) is 32.2 Å². The maximum atomic E-state index is 10.8. The first-order chi connectivity index (χ1) is 7.24. The molecule has 15 heavy (non-hydrogen) atoms. The van der Waals surface area contributed by atoms with Crippen molar-refractivity contribution in [2.45, 2.75) is 13.3 Å². The van der Waals surface area contributed by atoms with Gasteiger partial charge in [-0.15, -0.1) is 0 Å². The van der Waals surface area contributed by atoms with Gasteiger partial charge in [0.2, 0.25) is 0 Å². The molecule has 0 unspecified atom stereocenters. The van der Waals surface area contributed by atoms with Gasteiger partial charge in [0.15, 0.2) is 0 Å². The molecule has 86 valence electrons. The molecule has 0 amide bonds. The van der Waals surface area contributed by atoms with E-state index in [1.807, 2.05) is 13.0 Å². The number of esters is 1. The van der Waals surface area contributed by atoms with Gasteiger partial charge in [-0.2, -0.15) is 0 Å². The first kappa shape index (κ1) is 13.9. The van der Waals surface area contributed by atoms with Crippen molar-refractivity contribution in [2.24, 2.45) is 5.73 Å². The molecule has 0 radical (unpaired) electrons. The van der Waals surface area contributed by atoms with Crippen LogP contribution in [0.2, 0.25) is 0 Å².